The first-order chi connectivity index (χ1) is 17.8. The summed E-state index contributed by atoms with van der Waals surface area (Å²) in [7, 11) is 2.58. The summed E-state index contributed by atoms with van der Waals surface area (Å²) in [6.45, 7) is -0.0740. The number of esters is 1. The van der Waals surface area contributed by atoms with Crippen LogP contribution < -0.4 is 5.32 Å². The molecule has 0 aliphatic carbocycles. The molecule has 3 atom stereocenters. The summed E-state index contributed by atoms with van der Waals surface area (Å²) in [4.78, 5) is 24.8. The Kier molecular flexibility index (Phi) is 10.9. The first kappa shape index (κ1) is 28.6. The minimum Gasteiger partial charge on any atom is -0.467 e. The molecule has 0 fully saturated rings. The molecule has 0 unspecified atom stereocenters. The Bertz CT molecular complexity index is 1150. The predicted octanol–water partition coefficient (Wildman–Crippen LogP) is 4.45. The van der Waals surface area contributed by atoms with Crippen LogP contribution in [0.15, 0.2) is 72.8 Å². The fraction of sp³-hybridized carbons (Fsp3) is 0.286. The summed E-state index contributed by atoms with van der Waals surface area (Å²) in [6, 6.07) is 21.4. The largest absolute Gasteiger partial charge is 0.467 e. The van der Waals surface area contributed by atoms with Crippen molar-refractivity contribution in [2.75, 3.05) is 20.8 Å². The Hall–Kier alpha value is -2.94. The van der Waals surface area contributed by atoms with Gasteiger partial charge in [0.15, 0.2) is 6.10 Å². The Morgan fingerprint density at radius 2 is 1.54 bits per heavy atom. The van der Waals surface area contributed by atoms with E-state index < -0.39 is 30.1 Å². The van der Waals surface area contributed by atoms with Gasteiger partial charge in [0.1, 0.15) is 12.7 Å². The van der Waals surface area contributed by atoms with Crippen molar-refractivity contribution in [1.29, 1.82) is 0 Å². The highest BCUT2D eigenvalue weighted by Crippen LogP contribution is 2.28. The topological polar surface area (TPSA) is 94.1 Å². The quantitative estimate of drug-likeness (QED) is 0.326. The lowest BCUT2D eigenvalue weighted by Crippen LogP contribution is -2.54. The average Bonchev–Trinajstić information content (AvgIpc) is 2.88. The molecular weight excluding hydrogens is 517 g/mol. The maximum Gasteiger partial charge on any atom is 0.337 e. The van der Waals surface area contributed by atoms with E-state index in [1.807, 2.05) is 66.7 Å². The van der Waals surface area contributed by atoms with Crippen LogP contribution in [0.25, 0.3) is 11.1 Å². The van der Waals surface area contributed by atoms with E-state index in [0.29, 0.717) is 10.0 Å². The first-order valence-electron chi connectivity index (χ1n) is 11.6. The zero-order valence-corrected chi connectivity index (χ0v) is 22.0. The standard InChI is InChI=1S/C28H29Cl2NO6/c1-35-17-25(32)31-24(27(26(33)28(34)36-2)37-16-19-6-4-3-5-7-19)12-18-8-10-20(11-9-18)21-13-22(29)15-23(30)14-21/h3-11,13-15,24,26-27,33H,12,16-17H2,1-2H3,(H,31,32)/t24-,26+,27-/m0/s1. The van der Waals surface area contributed by atoms with Crippen molar-refractivity contribution in [3.63, 3.8) is 0 Å². The van der Waals surface area contributed by atoms with Crippen molar-refractivity contribution >= 4 is 35.1 Å². The lowest BCUT2D eigenvalue weighted by atomic mass is 9.95. The van der Waals surface area contributed by atoms with Gasteiger partial charge in [0.2, 0.25) is 5.91 Å². The molecule has 0 saturated carbocycles. The summed E-state index contributed by atoms with van der Waals surface area (Å²) >= 11 is 12.3. The Labute approximate surface area is 226 Å². The number of aliphatic hydroxyl groups excluding tert-OH is 1. The van der Waals surface area contributed by atoms with E-state index in [2.05, 4.69) is 5.32 Å². The number of methoxy groups -OCH3 is 2. The molecule has 0 aliphatic rings. The Balaban J connectivity index is 1.87. The number of carbonyl (C=O) groups excluding carboxylic acids is 2. The van der Waals surface area contributed by atoms with Gasteiger partial charge < -0.3 is 24.6 Å². The molecule has 3 aromatic rings. The van der Waals surface area contributed by atoms with Gasteiger partial charge in [0.25, 0.3) is 0 Å². The molecule has 37 heavy (non-hydrogen) atoms. The minimum atomic E-state index is -1.63. The van der Waals surface area contributed by atoms with E-state index in [0.717, 1.165) is 22.3 Å². The van der Waals surface area contributed by atoms with Crippen molar-refractivity contribution in [1.82, 2.24) is 5.32 Å². The molecule has 0 radical (unpaired) electrons. The Morgan fingerprint density at radius 1 is 0.892 bits per heavy atom. The van der Waals surface area contributed by atoms with Crippen molar-refractivity contribution in [2.24, 2.45) is 0 Å². The van der Waals surface area contributed by atoms with Crippen molar-refractivity contribution in [3.05, 3.63) is 94.0 Å². The van der Waals surface area contributed by atoms with Crippen LogP contribution in [-0.2, 0) is 36.8 Å². The number of halogens is 2. The van der Waals surface area contributed by atoms with Crippen molar-refractivity contribution in [3.8, 4) is 11.1 Å². The number of benzene rings is 3. The van der Waals surface area contributed by atoms with E-state index in [1.54, 1.807) is 6.07 Å². The maximum absolute atomic E-state index is 12.5. The van der Waals surface area contributed by atoms with E-state index in [4.69, 9.17) is 37.4 Å². The fourth-order valence-corrected chi connectivity index (χ4v) is 4.41. The molecule has 0 saturated heterocycles. The zero-order chi connectivity index (χ0) is 26.8. The van der Waals surface area contributed by atoms with E-state index in [1.165, 1.54) is 14.2 Å². The molecule has 196 valence electrons. The van der Waals surface area contributed by atoms with Crippen LogP contribution in [0.3, 0.4) is 0 Å². The van der Waals surface area contributed by atoms with Crippen LogP contribution in [0, 0.1) is 0 Å². The summed E-state index contributed by atoms with van der Waals surface area (Å²) in [6.07, 6.45) is -2.46. The number of hydrogen-bond acceptors (Lipinski definition) is 6. The first-order valence-corrected chi connectivity index (χ1v) is 12.3. The number of ether oxygens (including phenoxy) is 3. The molecule has 3 rings (SSSR count). The van der Waals surface area contributed by atoms with E-state index >= 15 is 0 Å². The van der Waals surface area contributed by atoms with Crippen LogP contribution in [0.4, 0.5) is 0 Å². The minimum absolute atomic E-state index is 0.116. The molecule has 7 nitrogen and oxygen atoms in total. The molecule has 0 spiro atoms. The number of nitrogens with one attached hydrogen (secondary N) is 1. The third kappa shape index (κ3) is 8.55. The molecule has 0 heterocycles. The van der Waals surface area contributed by atoms with Crippen LogP contribution in [0.5, 0.6) is 0 Å². The van der Waals surface area contributed by atoms with Gasteiger partial charge in [0, 0.05) is 17.2 Å². The highest BCUT2D eigenvalue weighted by atomic mass is 35.5. The van der Waals surface area contributed by atoms with Gasteiger partial charge in [-0.3, -0.25) is 4.79 Å². The van der Waals surface area contributed by atoms with Crippen LogP contribution in [0.1, 0.15) is 11.1 Å². The second-order valence-electron chi connectivity index (χ2n) is 8.40. The van der Waals surface area contributed by atoms with Gasteiger partial charge in [-0.25, -0.2) is 4.79 Å². The molecule has 9 heteroatoms. The van der Waals surface area contributed by atoms with Crippen LogP contribution >= 0.6 is 23.2 Å². The zero-order valence-electron chi connectivity index (χ0n) is 20.5. The molecule has 0 aliphatic heterocycles. The number of aliphatic hydroxyl groups is 1. The van der Waals surface area contributed by atoms with E-state index in [9.17, 15) is 14.7 Å². The summed E-state index contributed by atoms with van der Waals surface area (Å²) in [5.74, 6) is -1.28. The van der Waals surface area contributed by atoms with Crippen molar-refractivity contribution in [2.45, 2.75) is 31.3 Å². The average molecular weight is 546 g/mol. The second-order valence-corrected chi connectivity index (χ2v) is 9.27. The highest BCUT2D eigenvalue weighted by Gasteiger charge is 2.36. The number of hydrogen-bond donors (Lipinski definition) is 2. The number of amides is 1. The SMILES string of the molecule is COCC(=O)N[C@@H](Cc1ccc(-c2cc(Cl)cc(Cl)c2)cc1)[C@H](OCc1ccccc1)[C@@H](O)C(=O)OC. The van der Waals surface area contributed by atoms with Gasteiger partial charge in [-0.05, 0) is 46.9 Å². The fourth-order valence-electron chi connectivity index (χ4n) is 3.89. The summed E-state index contributed by atoms with van der Waals surface area (Å²) < 4.78 is 15.7. The molecule has 0 aromatic heterocycles. The molecule has 2 N–H and O–H groups in total. The molecule has 3 aromatic carbocycles. The van der Waals surface area contributed by atoms with Gasteiger partial charge in [-0.2, -0.15) is 0 Å². The normalized spacial score (nSPS) is 13.4. The third-order valence-corrected chi connectivity index (χ3v) is 6.10. The smallest absolute Gasteiger partial charge is 0.337 e. The number of carbonyl (C=O) groups is 2. The third-order valence-electron chi connectivity index (χ3n) is 5.66. The van der Waals surface area contributed by atoms with Gasteiger partial charge in [-0.15, -0.1) is 0 Å². The monoisotopic (exact) mass is 545 g/mol. The highest BCUT2D eigenvalue weighted by molar-refractivity contribution is 6.35. The Morgan fingerprint density at radius 3 is 2.14 bits per heavy atom. The molecule has 0 bridgehead atoms. The van der Waals surface area contributed by atoms with Crippen LogP contribution in [0.2, 0.25) is 10.0 Å². The lowest BCUT2D eigenvalue weighted by Gasteiger charge is -2.31. The molecule has 1 amide bonds. The van der Waals surface area contributed by atoms with Gasteiger partial charge >= 0.3 is 5.97 Å². The summed E-state index contributed by atoms with van der Waals surface area (Å²) in [5.41, 5.74) is 3.44. The van der Waals surface area contributed by atoms with E-state index in [-0.39, 0.29) is 19.6 Å². The number of rotatable bonds is 12. The predicted molar refractivity (Wildman–Crippen MR) is 142 cm³/mol. The molecular formula is C28H29Cl2NO6. The summed E-state index contributed by atoms with van der Waals surface area (Å²) in [5, 5.41) is 14.7. The van der Waals surface area contributed by atoms with Gasteiger partial charge in [-0.1, -0.05) is 77.8 Å². The van der Waals surface area contributed by atoms with Crippen LogP contribution in [-0.4, -0.2) is 56.1 Å². The van der Waals surface area contributed by atoms with Gasteiger partial charge in [0.05, 0.1) is 19.8 Å². The second kappa shape index (κ2) is 14.1. The maximum atomic E-state index is 12.5. The lowest BCUT2D eigenvalue weighted by molar-refractivity contribution is -0.163. The van der Waals surface area contributed by atoms with Crippen molar-refractivity contribution < 1.29 is 28.9 Å².